The first-order valence-corrected chi connectivity index (χ1v) is 9.69. The molecule has 0 radical (unpaired) electrons. The molecule has 1 heterocycles. The topological polar surface area (TPSA) is 49.4 Å². The molecule has 3 rings (SSSR count). The minimum absolute atomic E-state index is 0.200. The number of hydrogen-bond acceptors (Lipinski definition) is 3. The van der Waals surface area contributed by atoms with Crippen molar-refractivity contribution >= 4 is 62.1 Å². The molecule has 0 saturated carbocycles. The van der Waals surface area contributed by atoms with Gasteiger partial charge in [-0.05, 0) is 47.8 Å². The fourth-order valence-corrected chi connectivity index (χ4v) is 3.81. The number of rotatable bonds is 4. The Labute approximate surface area is 168 Å². The standard InChI is InChI=1S/C19H14BrClN2O2S/c1-23(16-8-7-13(20)11-15(16)21)19(25)12-4-2-5-14(10-12)22-18(24)17-6-3-9-26-17/h2-11H,1H3,(H,22,24). The zero-order valence-electron chi connectivity index (χ0n) is 13.7. The quantitative estimate of drug-likeness (QED) is 0.556. The number of nitrogens with one attached hydrogen (secondary N) is 1. The molecule has 0 fully saturated rings. The monoisotopic (exact) mass is 448 g/mol. The molecule has 0 aliphatic carbocycles. The van der Waals surface area contributed by atoms with Gasteiger partial charge >= 0.3 is 0 Å². The summed E-state index contributed by atoms with van der Waals surface area (Å²) in [4.78, 5) is 27.1. The Morgan fingerprint density at radius 2 is 1.92 bits per heavy atom. The summed E-state index contributed by atoms with van der Waals surface area (Å²) in [5.74, 6) is -0.421. The van der Waals surface area contributed by atoms with Crippen molar-refractivity contribution in [2.45, 2.75) is 0 Å². The van der Waals surface area contributed by atoms with E-state index in [1.807, 2.05) is 17.5 Å². The predicted octanol–water partition coefficient (Wildman–Crippen LogP) is 5.69. The van der Waals surface area contributed by atoms with Gasteiger partial charge in [0, 0.05) is 22.8 Å². The van der Waals surface area contributed by atoms with Crippen molar-refractivity contribution in [3.8, 4) is 0 Å². The maximum atomic E-state index is 12.8. The highest BCUT2D eigenvalue weighted by Crippen LogP contribution is 2.29. The van der Waals surface area contributed by atoms with Gasteiger partial charge in [0.15, 0.2) is 0 Å². The average molecular weight is 450 g/mol. The Bertz CT molecular complexity index is 960. The summed E-state index contributed by atoms with van der Waals surface area (Å²) in [7, 11) is 1.66. The summed E-state index contributed by atoms with van der Waals surface area (Å²) in [5.41, 5.74) is 1.62. The van der Waals surface area contributed by atoms with Crippen LogP contribution in [0.3, 0.4) is 0 Å². The van der Waals surface area contributed by atoms with E-state index in [1.165, 1.54) is 16.2 Å². The van der Waals surface area contributed by atoms with Crippen LogP contribution in [0.1, 0.15) is 20.0 Å². The SMILES string of the molecule is CN(C(=O)c1cccc(NC(=O)c2cccs2)c1)c1ccc(Br)cc1Cl. The third-order valence-electron chi connectivity index (χ3n) is 3.69. The summed E-state index contributed by atoms with van der Waals surface area (Å²) in [6.45, 7) is 0. The van der Waals surface area contributed by atoms with E-state index < -0.39 is 0 Å². The number of carbonyl (C=O) groups excluding carboxylic acids is 2. The van der Waals surface area contributed by atoms with Crippen LogP contribution in [0.4, 0.5) is 11.4 Å². The van der Waals surface area contributed by atoms with Gasteiger partial charge in [0.25, 0.3) is 11.8 Å². The molecule has 0 bridgehead atoms. The van der Waals surface area contributed by atoms with Crippen LogP contribution in [-0.4, -0.2) is 18.9 Å². The van der Waals surface area contributed by atoms with Crippen molar-refractivity contribution in [3.63, 3.8) is 0 Å². The molecule has 2 aromatic carbocycles. The summed E-state index contributed by atoms with van der Waals surface area (Å²) in [5, 5.41) is 5.11. The molecule has 4 nitrogen and oxygen atoms in total. The lowest BCUT2D eigenvalue weighted by molar-refractivity contribution is 0.0990. The number of halogens is 2. The summed E-state index contributed by atoms with van der Waals surface area (Å²) < 4.78 is 0.838. The lowest BCUT2D eigenvalue weighted by atomic mass is 10.1. The van der Waals surface area contributed by atoms with E-state index in [4.69, 9.17) is 11.6 Å². The van der Waals surface area contributed by atoms with E-state index >= 15 is 0 Å². The fourth-order valence-electron chi connectivity index (χ4n) is 2.39. The molecule has 0 saturated heterocycles. The van der Waals surface area contributed by atoms with E-state index in [1.54, 1.807) is 49.5 Å². The molecule has 3 aromatic rings. The van der Waals surface area contributed by atoms with Gasteiger partial charge < -0.3 is 10.2 Å². The zero-order chi connectivity index (χ0) is 18.7. The minimum Gasteiger partial charge on any atom is -0.321 e. The molecule has 2 amide bonds. The highest BCUT2D eigenvalue weighted by molar-refractivity contribution is 9.10. The van der Waals surface area contributed by atoms with Crippen molar-refractivity contribution < 1.29 is 9.59 Å². The van der Waals surface area contributed by atoms with Crippen LogP contribution in [0, 0.1) is 0 Å². The van der Waals surface area contributed by atoms with Crippen LogP contribution < -0.4 is 10.2 Å². The van der Waals surface area contributed by atoms with Crippen molar-refractivity contribution in [2.75, 3.05) is 17.3 Å². The highest BCUT2D eigenvalue weighted by Gasteiger charge is 2.17. The maximum Gasteiger partial charge on any atom is 0.265 e. The Morgan fingerprint density at radius 1 is 1.12 bits per heavy atom. The van der Waals surface area contributed by atoms with E-state index in [0.29, 0.717) is 26.8 Å². The van der Waals surface area contributed by atoms with Gasteiger partial charge in [-0.1, -0.05) is 39.7 Å². The number of thiophene rings is 1. The highest BCUT2D eigenvalue weighted by atomic mass is 79.9. The number of carbonyl (C=O) groups is 2. The molecule has 0 aliphatic rings. The molecule has 1 N–H and O–H groups in total. The van der Waals surface area contributed by atoms with E-state index in [0.717, 1.165) is 4.47 Å². The van der Waals surface area contributed by atoms with Crippen molar-refractivity contribution in [2.24, 2.45) is 0 Å². The molecular weight excluding hydrogens is 436 g/mol. The Balaban J connectivity index is 1.80. The Morgan fingerprint density at radius 3 is 2.62 bits per heavy atom. The van der Waals surface area contributed by atoms with Gasteiger partial charge in [0.05, 0.1) is 15.6 Å². The molecular formula is C19H14BrClN2O2S. The molecule has 0 aliphatic heterocycles. The molecule has 132 valence electrons. The summed E-state index contributed by atoms with van der Waals surface area (Å²) >= 11 is 10.9. The van der Waals surface area contributed by atoms with Crippen molar-refractivity contribution in [1.82, 2.24) is 0 Å². The molecule has 7 heteroatoms. The van der Waals surface area contributed by atoms with Gasteiger partial charge in [-0.2, -0.15) is 0 Å². The third kappa shape index (κ3) is 4.15. The Hall–Kier alpha value is -2.15. The second-order valence-electron chi connectivity index (χ2n) is 5.47. The summed E-state index contributed by atoms with van der Waals surface area (Å²) in [6.07, 6.45) is 0. The van der Waals surface area contributed by atoms with E-state index in [2.05, 4.69) is 21.2 Å². The molecule has 26 heavy (non-hydrogen) atoms. The average Bonchev–Trinajstić information content (AvgIpc) is 3.15. The van der Waals surface area contributed by atoms with Crippen LogP contribution in [0.15, 0.2) is 64.5 Å². The first-order chi connectivity index (χ1) is 12.5. The molecule has 0 atom stereocenters. The second-order valence-corrected chi connectivity index (χ2v) is 7.74. The van der Waals surface area contributed by atoms with Gasteiger partial charge in [0.1, 0.15) is 0 Å². The number of benzene rings is 2. The van der Waals surface area contributed by atoms with E-state index in [-0.39, 0.29) is 11.8 Å². The van der Waals surface area contributed by atoms with Crippen LogP contribution in [0.25, 0.3) is 0 Å². The normalized spacial score (nSPS) is 10.4. The fraction of sp³-hybridized carbons (Fsp3) is 0.0526. The third-order valence-corrected chi connectivity index (χ3v) is 5.35. The van der Waals surface area contributed by atoms with Gasteiger partial charge in [-0.15, -0.1) is 11.3 Å². The van der Waals surface area contributed by atoms with Crippen LogP contribution in [0.2, 0.25) is 5.02 Å². The predicted molar refractivity (Wildman–Crippen MR) is 111 cm³/mol. The minimum atomic E-state index is -0.221. The van der Waals surface area contributed by atoms with Crippen molar-refractivity contribution in [1.29, 1.82) is 0 Å². The van der Waals surface area contributed by atoms with Crippen LogP contribution >= 0.6 is 38.9 Å². The Kier molecular flexibility index (Phi) is 5.76. The largest absolute Gasteiger partial charge is 0.321 e. The lowest BCUT2D eigenvalue weighted by Crippen LogP contribution is -2.26. The number of anilines is 2. The smallest absolute Gasteiger partial charge is 0.265 e. The van der Waals surface area contributed by atoms with Gasteiger partial charge in [0.2, 0.25) is 0 Å². The first kappa shape index (κ1) is 18.6. The van der Waals surface area contributed by atoms with Crippen molar-refractivity contribution in [3.05, 3.63) is 79.9 Å². The van der Waals surface area contributed by atoms with E-state index in [9.17, 15) is 9.59 Å². The van der Waals surface area contributed by atoms with Crippen LogP contribution in [0.5, 0.6) is 0 Å². The number of hydrogen-bond donors (Lipinski definition) is 1. The summed E-state index contributed by atoms with van der Waals surface area (Å²) in [6, 6.07) is 15.7. The van der Waals surface area contributed by atoms with Crippen LogP contribution in [-0.2, 0) is 0 Å². The lowest BCUT2D eigenvalue weighted by Gasteiger charge is -2.19. The second kappa shape index (κ2) is 8.03. The molecule has 1 aromatic heterocycles. The number of amides is 2. The van der Waals surface area contributed by atoms with Gasteiger partial charge in [-0.25, -0.2) is 0 Å². The first-order valence-electron chi connectivity index (χ1n) is 7.64. The zero-order valence-corrected chi connectivity index (χ0v) is 16.9. The van der Waals surface area contributed by atoms with Gasteiger partial charge in [-0.3, -0.25) is 9.59 Å². The molecule has 0 unspecified atom stereocenters. The molecule has 0 spiro atoms. The number of nitrogens with zero attached hydrogens (tertiary/aromatic N) is 1. The maximum absolute atomic E-state index is 12.8.